The van der Waals surface area contributed by atoms with Crippen LogP contribution >= 0.6 is 0 Å². The number of hydrogen-bond acceptors (Lipinski definition) is 6. The van der Waals surface area contributed by atoms with Crippen molar-refractivity contribution in [3.63, 3.8) is 0 Å². The fraction of sp³-hybridized carbons (Fsp3) is 0.316. The van der Waals surface area contributed by atoms with Gasteiger partial charge in [-0.25, -0.2) is 0 Å². The Hall–Kier alpha value is -2.57. The molecule has 1 aliphatic rings. The lowest BCUT2D eigenvalue weighted by atomic mass is 9.98. The average molecular weight is 346 g/mol. The Morgan fingerprint density at radius 3 is 2.40 bits per heavy atom. The Kier molecular flexibility index (Phi) is 6.01. The van der Waals surface area contributed by atoms with Crippen LogP contribution in [0, 0.1) is 0 Å². The largest absolute Gasteiger partial charge is 0.504 e. The maximum absolute atomic E-state index is 12.3. The zero-order valence-electron chi connectivity index (χ0n) is 14.7. The second-order valence-corrected chi connectivity index (χ2v) is 5.38. The van der Waals surface area contributed by atoms with Gasteiger partial charge in [0.25, 0.3) is 0 Å². The highest BCUT2D eigenvalue weighted by molar-refractivity contribution is 6.08. The number of ether oxygens (including phenoxy) is 4. The molecular formula is C19H22O6. The summed E-state index contributed by atoms with van der Waals surface area (Å²) in [6.45, 7) is 0. The minimum atomic E-state index is -0.827. The standard InChI is InChI=1S/C19H22O6/c1-22-15-11-14(18(21)17(12-15)23-2)5-6-16(20)13-7-9-19(24-3,25-4)10-8-13/h5-9,11-12,21H,10H2,1-4H3. The van der Waals surface area contributed by atoms with Gasteiger partial charge in [0.2, 0.25) is 0 Å². The van der Waals surface area contributed by atoms with E-state index in [2.05, 4.69) is 0 Å². The maximum atomic E-state index is 12.3. The third-order valence-corrected chi connectivity index (χ3v) is 4.05. The first-order valence-corrected chi connectivity index (χ1v) is 7.65. The van der Waals surface area contributed by atoms with E-state index in [1.54, 1.807) is 44.6 Å². The van der Waals surface area contributed by atoms with Crippen LogP contribution in [-0.4, -0.2) is 45.1 Å². The first-order chi connectivity index (χ1) is 12.0. The second kappa shape index (κ2) is 8.00. The van der Waals surface area contributed by atoms with Crippen molar-refractivity contribution in [2.24, 2.45) is 0 Å². The average Bonchev–Trinajstić information content (AvgIpc) is 2.67. The first-order valence-electron chi connectivity index (χ1n) is 7.65. The highest BCUT2D eigenvalue weighted by Crippen LogP contribution is 2.35. The molecule has 1 aromatic rings. The smallest absolute Gasteiger partial charge is 0.190 e. The van der Waals surface area contributed by atoms with Crippen molar-refractivity contribution in [1.82, 2.24) is 0 Å². The van der Waals surface area contributed by atoms with Crippen LogP contribution in [0.15, 0.2) is 42.0 Å². The molecule has 0 saturated carbocycles. The Morgan fingerprint density at radius 1 is 1.16 bits per heavy atom. The van der Waals surface area contributed by atoms with E-state index < -0.39 is 5.79 Å². The van der Waals surface area contributed by atoms with Gasteiger partial charge >= 0.3 is 0 Å². The number of allylic oxidation sites excluding steroid dienone is 3. The lowest BCUT2D eigenvalue weighted by molar-refractivity contribution is -0.167. The monoisotopic (exact) mass is 346 g/mol. The number of carbonyl (C=O) groups excluding carboxylic acids is 1. The highest BCUT2D eigenvalue weighted by atomic mass is 16.7. The molecule has 0 aromatic heterocycles. The summed E-state index contributed by atoms with van der Waals surface area (Å²) < 4.78 is 20.9. The summed E-state index contributed by atoms with van der Waals surface area (Å²) in [6, 6.07) is 3.18. The van der Waals surface area contributed by atoms with Crippen LogP contribution in [0.3, 0.4) is 0 Å². The molecule has 0 atom stereocenters. The molecule has 0 heterocycles. The zero-order chi connectivity index (χ0) is 18.4. The number of phenols is 1. The lowest BCUT2D eigenvalue weighted by Crippen LogP contribution is -2.32. The third-order valence-electron chi connectivity index (χ3n) is 4.05. The molecule has 0 bridgehead atoms. The summed E-state index contributed by atoms with van der Waals surface area (Å²) in [5.41, 5.74) is 0.948. The van der Waals surface area contributed by atoms with Crippen molar-refractivity contribution in [3.8, 4) is 17.2 Å². The number of benzene rings is 1. The number of methoxy groups -OCH3 is 4. The minimum absolute atomic E-state index is 0.0571. The van der Waals surface area contributed by atoms with Gasteiger partial charge in [0, 0.05) is 37.8 Å². The highest BCUT2D eigenvalue weighted by Gasteiger charge is 2.28. The van der Waals surface area contributed by atoms with Crippen LogP contribution in [-0.2, 0) is 14.3 Å². The van der Waals surface area contributed by atoms with Crippen molar-refractivity contribution in [2.45, 2.75) is 12.2 Å². The SMILES string of the molecule is COc1cc(C=CC(=O)C2=CCC(OC)(OC)C=C2)c(O)c(OC)c1. The van der Waals surface area contributed by atoms with Crippen LogP contribution in [0.1, 0.15) is 12.0 Å². The van der Waals surface area contributed by atoms with Gasteiger partial charge in [-0.3, -0.25) is 4.79 Å². The van der Waals surface area contributed by atoms with Gasteiger partial charge in [-0.05, 0) is 24.3 Å². The van der Waals surface area contributed by atoms with Gasteiger partial charge in [0.1, 0.15) is 5.75 Å². The van der Waals surface area contributed by atoms with E-state index in [1.807, 2.05) is 0 Å². The van der Waals surface area contributed by atoms with Crippen molar-refractivity contribution in [1.29, 1.82) is 0 Å². The number of aromatic hydroxyl groups is 1. The van der Waals surface area contributed by atoms with Gasteiger partial charge < -0.3 is 24.1 Å². The van der Waals surface area contributed by atoms with Gasteiger partial charge in [-0.2, -0.15) is 0 Å². The van der Waals surface area contributed by atoms with Crippen LogP contribution in [0.25, 0.3) is 6.08 Å². The Bertz CT molecular complexity index is 726. The molecule has 0 aliphatic heterocycles. The topological polar surface area (TPSA) is 74.2 Å². The summed E-state index contributed by atoms with van der Waals surface area (Å²) in [5, 5.41) is 10.2. The molecule has 1 aromatic carbocycles. The number of phenolic OH excluding ortho intramolecular Hbond substituents is 1. The summed E-state index contributed by atoms with van der Waals surface area (Å²) in [4.78, 5) is 12.3. The van der Waals surface area contributed by atoms with Crippen LogP contribution < -0.4 is 9.47 Å². The van der Waals surface area contributed by atoms with Gasteiger partial charge in [0.15, 0.2) is 23.1 Å². The minimum Gasteiger partial charge on any atom is -0.504 e. The van der Waals surface area contributed by atoms with Gasteiger partial charge in [-0.1, -0.05) is 12.2 Å². The predicted octanol–water partition coefficient (Wildman–Crippen LogP) is 2.87. The first kappa shape index (κ1) is 18.8. The van der Waals surface area contributed by atoms with E-state index >= 15 is 0 Å². The third kappa shape index (κ3) is 4.10. The molecule has 25 heavy (non-hydrogen) atoms. The molecule has 0 spiro atoms. The van der Waals surface area contributed by atoms with E-state index in [9.17, 15) is 9.90 Å². The lowest BCUT2D eigenvalue weighted by Gasteiger charge is -2.28. The van der Waals surface area contributed by atoms with Gasteiger partial charge in [0.05, 0.1) is 14.2 Å². The molecule has 1 N–H and O–H groups in total. The summed E-state index contributed by atoms with van der Waals surface area (Å²) in [6.07, 6.45) is 8.47. The number of hydrogen-bond donors (Lipinski definition) is 1. The fourth-order valence-corrected chi connectivity index (χ4v) is 2.44. The van der Waals surface area contributed by atoms with Crippen LogP contribution in [0.5, 0.6) is 17.2 Å². The van der Waals surface area contributed by atoms with E-state index in [0.717, 1.165) is 0 Å². The zero-order valence-corrected chi connectivity index (χ0v) is 14.7. The number of ketones is 1. The molecule has 134 valence electrons. The molecule has 0 saturated heterocycles. The molecule has 0 radical (unpaired) electrons. The fourth-order valence-electron chi connectivity index (χ4n) is 2.44. The summed E-state index contributed by atoms with van der Waals surface area (Å²) in [7, 11) is 6.06. The van der Waals surface area contributed by atoms with Crippen molar-refractivity contribution < 1.29 is 28.8 Å². The van der Waals surface area contributed by atoms with Crippen molar-refractivity contribution in [2.75, 3.05) is 28.4 Å². The van der Waals surface area contributed by atoms with Gasteiger partial charge in [-0.15, -0.1) is 0 Å². The Morgan fingerprint density at radius 2 is 1.88 bits per heavy atom. The Balaban J connectivity index is 2.19. The van der Waals surface area contributed by atoms with Crippen molar-refractivity contribution >= 4 is 11.9 Å². The molecule has 0 amide bonds. The number of rotatable bonds is 7. The molecule has 2 rings (SSSR count). The molecule has 0 unspecified atom stereocenters. The normalized spacial score (nSPS) is 15.9. The second-order valence-electron chi connectivity index (χ2n) is 5.38. The van der Waals surface area contributed by atoms with Crippen LogP contribution in [0.2, 0.25) is 0 Å². The molecule has 6 heteroatoms. The van der Waals surface area contributed by atoms with E-state index in [-0.39, 0.29) is 17.3 Å². The van der Waals surface area contributed by atoms with Crippen LogP contribution in [0.4, 0.5) is 0 Å². The quantitative estimate of drug-likeness (QED) is 0.604. The maximum Gasteiger partial charge on any atom is 0.190 e. The molecular weight excluding hydrogens is 324 g/mol. The van der Waals surface area contributed by atoms with E-state index in [0.29, 0.717) is 23.3 Å². The Labute approximate surface area is 147 Å². The van der Waals surface area contributed by atoms with Crippen molar-refractivity contribution in [3.05, 3.63) is 47.6 Å². The number of carbonyl (C=O) groups is 1. The van der Waals surface area contributed by atoms with E-state index in [1.165, 1.54) is 26.4 Å². The molecule has 0 fully saturated rings. The summed E-state index contributed by atoms with van der Waals surface area (Å²) in [5.74, 6) is -0.292. The predicted molar refractivity (Wildman–Crippen MR) is 93.8 cm³/mol. The molecule has 1 aliphatic carbocycles. The van der Waals surface area contributed by atoms with E-state index in [4.69, 9.17) is 18.9 Å². The molecule has 6 nitrogen and oxygen atoms in total. The summed E-state index contributed by atoms with van der Waals surface area (Å²) >= 11 is 0.